The molecule has 2 aliphatic rings. The molecule has 2 fully saturated rings. The Morgan fingerprint density at radius 1 is 0.971 bits per heavy atom. The van der Waals surface area contributed by atoms with Crippen LogP contribution in [-0.4, -0.2) is 55.5 Å². The van der Waals surface area contributed by atoms with E-state index in [9.17, 15) is 4.39 Å². The SMILES string of the molecule is CC[C@H]1OC(O)[C@@H](F)[C@]1(C)CC.CC[C@H]1O[C@@H](n2cnc3c(Cl)nc(Cl)nc32)[C@H](F)C1(C)CC. The highest BCUT2D eigenvalue weighted by molar-refractivity contribution is 6.35. The highest BCUT2D eigenvalue weighted by Crippen LogP contribution is 2.49. The van der Waals surface area contributed by atoms with Gasteiger partial charge in [0.2, 0.25) is 5.28 Å². The third-order valence-electron chi connectivity index (χ3n) is 7.73. The molecule has 0 aliphatic carbocycles. The van der Waals surface area contributed by atoms with Gasteiger partial charge in [-0.15, -0.1) is 0 Å². The Morgan fingerprint density at radius 2 is 1.53 bits per heavy atom. The van der Waals surface area contributed by atoms with Crippen LogP contribution in [0.3, 0.4) is 0 Å². The van der Waals surface area contributed by atoms with Crippen molar-refractivity contribution in [3.63, 3.8) is 0 Å². The summed E-state index contributed by atoms with van der Waals surface area (Å²) in [7, 11) is 0. The Hall–Kier alpha value is -1.13. The smallest absolute Gasteiger partial charge is 0.225 e. The second-order valence-corrected chi connectivity index (χ2v) is 10.2. The van der Waals surface area contributed by atoms with E-state index in [2.05, 4.69) is 15.0 Å². The minimum absolute atomic E-state index is 0.00190. The van der Waals surface area contributed by atoms with Gasteiger partial charge in [-0.25, -0.2) is 18.7 Å². The molecule has 0 saturated carbocycles. The molecule has 34 heavy (non-hydrogen) atoms. The van der Waals surface area contributed by atoms with Crippen molar-refractivity contribution in [2.45, 2.75) is 104 Å². The molecule has 2 aliphatic heterocycles. The van der Waals surface area contributed by atoms with Crippen LogP contribution < -0.4 is 0 Å². The third kappa shape index (κ3) is 4.54. The Morgan fingerprint density at radius 3 is 2.03 bits per heavy atom. The van der Waals surface area contributed by atoms with Gasteiger partial charge < -0.3 is 14.6 Å². The summed E-state index contributed by atoms with van der Waals surface area (Å²) < 4.78 is 41.1. The van der Waals surface area contributed by atoms with Gasteiger partial charge in [0.05, 0.1) is 18.5 Å². The first-order chi connectivity index (χ1) is 16.0. The molecule has 0 aromatic carbocycles. The van der Waals surface area contributed by atoms with Gasteiger partial charge in [-0.2, -0.15) is 4.98 Å². The predicted molar refractivity (Wildman–Crippen MR) is 127 cm³/mol. The van der Waals surface area contributed by atoms with Gasteiger partial charge in [0.25, 0.3) is 0 Å². The van der Waals surface area contributed by atoms with Crippen LogP contribution in [0.2, 0.25) is 10.4 Å². The number of ether oxygens (including phenoxy) is 2. The van der Waals surface area contributed by atoms with E-state index >= 15 is 4.39 Å². The zero-order chi connectivity index (χ0) is 25.4. The number of hydrogen-bond acceptors (Lipinski definition) is 6. The fourth-order valence-corrected chi connectivity index (χ4v) is 5.43. The van der Waals surface area contributed by atoms with E-state index in [1.807, 2.05) is 41.5 Å². The molecular weight excluding hydrogens is 489 g/mol. The maximum Gasteiger partial charge on any atom is 0.225 e. The van der Waals surface area contributed by atoms with Crippen LogP contribution in [0.25, 0.3) is 11.2 Å². The molecule has 0 bridgehead atoms. The lowest BCUT2D eigenvalue weighted by molar-refractivity contribution is -0.112. The summed E-state index contributed by atoms with van der Waals surface area (Å²) in [5.41, 5.74) is -0.280. The van der Waals surface area contributed by atoms with E-state index in [1.54, 1.807) is 4.57 Å². The second kappa shape index (κ2) is 10.5. The summed E-state index contributed by atoms with van der Waals surface area (Å²) in [6, 6.07) is 0. The fourth-order valence-electron chi connectivity index (χ4n) is 5.01. The molecule has 0 radical (unpaired) electrons. The lowest BCUT2D eigenvalue weighted by Crippen LogP contribution is -2.34. The molecule has 1 N–H and O–H groups in total. The molecule has 11 heteroatoms. The number of alkyl halides is 2. The van der Waals surface area contributed by atoms with Gasteiger partial charge >= 0.3 is 0 Å². The van der Waals surface area contributed by atoms with Gasteiger partial charge in [0, 0.05) is 10.8 Å². The quantitative estimate of drug-likeness (QED) is 0.379. The lowest BCUT2D eigenvalue weighted by atomic mass is 9.78. The molecule has 8 atom stereocenters. The van der Waals surface area contributed by atoms with Crippen molar-refractivity contribution in [2.24, 2.45) is 10.8 Å². The second-order valence-electron chi connectivity index (χ2n) is 9.48. The van der Waals surface area contributed by atoms with Crippen molar-refractivity contribution in [1.82, 2.24) is 19.5 Å². The highest BCUT2D eigenvalue weighted by Gasteiger charge is 2.53. The minimum Gasteiger partial charge on any atom is -0.366 e. The number of nitrogens with zero attached hydrogens (tertiary/aromatic N) is 4. The van der Waals surface area contributed by atoms with Crippen molar-refractivity contribution in [2.75, 3.05) is 0 Å². The van der Waals surface area contributed by atoms with Gasteiger partial charge in [-0.3, -0.25) is 4.57 Å². The summed E-state index contributed by atoms with van der Waals surface area (Å²) in [5, 5.41) is 9.31. The number of halogens is 4. The van der Waals surface area contributed by atoms with Crippen LogP contribution in [0.4, 0.5) is 8.78 Å². The van der Waals surface area contributed by atoms with Gasteiger partial charge in [0.15, 0.2) is 35.7 Å². The Bertz CT molecular complexity index is 999. The van der Waals surface area contributed by atoms with E-state index in [0.717, 1.165) is 12.8 Å². The van der Waals surface area contributed by atoms with E-state index < -0.39 is 35.7 Å². The highest BCUT2D eigenvalue weighted by atomic mass is 35.5. The average molecular weight is 523 g/mol. The van der Waals surface area contributed by atoms with Crippen LogP contribution in [0, 0.1) is 10.8 Å². The molecule has 2 unspecified atom stereocenters. The van der Waals surface area contributed by atoms with E-state index in [-0.39, 0.29) is 22.6 Å². The predicted octanol–water partition coefficient (Wildman–Crippen LogP) is 6.06. The number of aliphatic hydroxyl groups excluding tert-OH is 1. The molecule has 2 aromatic rings. The first-order valence-corrected chi connectivity index (χ1v) is 12.6. The lowest BCUT2D eigenvalue weighted by Gasteiger charge is -2.29. The van der Waals surface area contributed by atoms with Gasteiger partial charge in [-0.1, -0.05) is 53.1 Å². The largest absolute Gasteiger partial charge is 0.366 e. The number of imidazole rings is 1. The summed E-state index contributed by atoms with van der Waals surface area (Å²) in [5.74, 6) is 0. The summed E-state index contributed by atoms with van der Waals surface area (Å²) in [4.78, 5) is 12.1. The topological polar surface area (TPSA) is 82.3 Å². The average Bonchev–Trinajstić information content (AvgIpc) is 3.42. The maximum atomic E-state index is 15.1. The van der Waals surface area contributed by atoms with Crippen molar-refractivity contribution in [3.05, 3.63) is 16.8 Å². The zero-order valence-electron chi connectivity index (χ0n) is 20.4. The Kier molecular flexibility index (Phi) is 8.45. The van der Waals surface area contributed by atoms with Crippen molar-refractivity contribution < 1.29 is 23.4 Å². The fraction of sp³-hybridized carbons (Fsp3) is 0.783. The van der Waals surface area contributed by atoms with Crippen LogP contribution in [0.5, 0.6) is 0 Å². The third-order valence-corrected chi connectivity index (χ3v) is 8.16. The van der Waals surface area contributed by atoms with E-state index in [1.165, 1.54) is 6.33 Å². The molecule has 4 rings (SSSR count). The number of hydrogen-bond donors (Lipinski definition) is 1. The summed E-state index contributed by atoms with van der Waals surface area (Å²) in [6.45, 7) is 11.6. The van der Waals surface area contributed by atoms with Crippen LogP contribution >= 0.6 is 23.2 Å². The van der Waals surface area contributed by atoms with Gasteiger partial charge in [-0.05, 0) is 37.3 Å². The normalized spacial score (nSPS) is 37.7. The molecule has 4 heterocycles. The molecule has 2 saturated heterocycles. The van der Waals surface area contributed by atoms with Crippen molar-refractivity contribution in [1.29, 1.82) is 0 Å². The number of rotatable bonds is 5. The van der Waals surface area contributed by atoms with Crippen LogP contribution in [0.1, 0.15) is 73.5 Å². The van der Waals surface area contributed by atoms with Crippen LogP contribution in [0.15, 0.2) is 6.33 Å². The molecule has 0 amide bonds. The molecule has 2 aromatic heterocycles. The zero-order valence-corrected chi connectivity index (χ0v) is 21.9. The maximum absolute atomic E-state index is 15.1. The Labute approximate surface area is 209 Å². The standard InChI is InChI=1S/C14H17Cl2FN4O.C9H17FO2/c1-4-7-14(3,5-2)9(17)12(22-7)21-6-18-8-10(15)19-13(16)20-11(8)21;1-4-6-9(3,5-2)7(10)8(11)12-6/h6-7,9,12H,4-5H2,1-3H3;6-8,11H,4-5H2,1-3H3/t7-,9+,12-,14?;6-,7-,8?,9-/m11/s1. The minimum atomic E-state index is -1.24. The van der Waals surface area contributed by atoms with Crippen LogP contribution in [-0.2, 0) is 9.47 Å². The number of aromatic nitrogens is 4. The van der Waals surface area contributed by atoms with Gasteiger partial charge in [0.1, 0.15) is 5.52 Å². The molecule has 7 nitrogen and oxygen atoms in total. The number of fused-ring (bicyclic) bond motifs is 1. The summed E-state index contributed by atoms with van der Waals surface area (Å²) >= 11 is 11.9. The van der Waals surface area contributed by atoms with Crippen molar-refractivity contribution >= 4 is 34.4 Å². The summed E-state index contributed by atoms with van der Waals surface area (Å²) in [6.07, 6.45) is -0.383. The van der Waals surface area contributed by atoms with E-state index in [0.29, 0.717) is 24.0 Å². The van der Waals surface area contributed by atoms with Crippen molar-refractivity contribution in [3.8, 4) is 0 Å². The van der Waals surface area contributed by atoms with E-state index in [4.69, 9.17) is 37.8 Å². The number of aliphatic hydroxyl groups is 1. The monoisotopic (exact) mass is 522 g/mol. The first-order valence-electron chi connectivity index (χ1n) is 11.8. The molecule has 192 valence electrons. The Balaban J connectivity index is 0.000000229. The molecule has 0 spiro atoms. The molecular formula is C23H34Cl2F2N4O3. The first kappa shape index (κ1) is 27.5.